The first-order chi connectivity index (χ1) is 9.56. The number of carbonyl (C=O) groups is 2. The Labute approximate surface area is 121 Å². The molecule has 1 fully saturated rings. The van der Waals surface area contributed by atoms with Crippen molar-refractivity contribution in [1.29, 1.82) is 0 Å². The van der Waals surface area contributed by atoms with Crippen LogP contribution in [0.4, 0.5) is 0 Å². The highest BCUT2D eigenvalue weighted by Crippen LogP contribution is 2.17. The van der Waals surface area contributed by atoms with Crippen molar-refractivity contribution in [2.24, 2.45) is 0 Å². The Morgan fingerprint density at radius 2 is 2.05 bits per heavy atom. The van der Waals surface area contributed by atoms with E-state index in [9.17, 15) is 9.59 Å². The number of carbonyl (C=O) groups excluding carboxylic acids is 1. The molecule has 0 spiro atoms. The number of carboxylic acid groups (broad SMARTS) is 1. The number of aromatic carboxylic acids is 1. The highest BCUT2D eigenvalue weighted by molar-refractivity contribution is 7.99. The number of pyridine rings is 1. The maximum atomic E-state index is 12.0. The van der Waals surface area contributed by atoms with Crippen LogP contribution in [0.25, 0.3) is 0 Å². The van der Waals surface area contributed by atoms with E-state index in [2.05, 4.69) is 9.88 Å². The standard InChI is InChI=1S/C13H17N3O3S/c1-15-4-6-16(7-5-15)12(17)9-20-11-8-10(13(18)19)2-3-14-11/h2-3,8H,4-7,9H2,1H3,(H,18,19). The van der Waals surface area contributed by atoms with Crippen LogP contribution in [-0.2, 0) is 4.79 Å². The van der Waals surface area contributed by atoms with Crippen LogP contribution < -0.4 is 0 Å². The van der Waals surface area contributed by atoms with Crippen LogP contribution in [0.5, 0.6) is 0 Å². The van der Waals surface area contributed by atoms with Crippen LogP contribution >= 0.6 is 11.8 Å². The molecule has 0 saturated carbocycles. The van der Waals surface area contributed by atoms with Crippen molar-refractivity contribution in [3.63, 3.8) is 0 Å². The van der Waals surface area contributed by atoms with E-state index in [-0.39, 0.29) is 11.5 Å². The Hall–Kier alpha value is -1.60. The number of amides is 1. The number of nitrogens with zero attached hydrogens (tertiary/aromatic N) is 3. The van der Waals surface area contributed by atoms with Gasteiger partial charge in [-0.3, -0.25) is 4.79 Å². The van der Waals surface area contributed by atoms with Crippen LogP contribution in [0.1, 0.15) is 10.4 Å². The molecule has 6 nitrogen and oxygen atoms in total. The summed E-state index contributed by atoms with van der Waals surface area (Å²) in [5.41, 5.74) is 0.189. The zero-order chi connectivity index (χ0) is 14.5. The van der Waals surface area contributed by atoms with E-state index < -0.39 is 5.97 Å². The number of aromatic nitrogens is 1. The molecule has 0 bridgehead atoms. The highest BCUT2D eigenvalue weighted by atomic mass is 32.2. The number of hydrogen-bond acceptors (Lipinski definition) is 5. The van der Waals surface area contributed by atoms with Gasteiger partial charge in [0.2, 0.25) is 5.91 Å². The van der Waals surface area contributed by atoms with Gasteiger partial charge in [-0.1, -0.05) is 11.8 Å². The molecule has 1 aliphatic rings. The molecule has 0 aliphatic carbocycles. The molecule has 1 saturated heterocycles. The second-order valence-electron chi connectivity index (χ2n) is 4.66. The number of rotatable bonds is 4. The first kappa shape index (κ1) is 14.8. The molecular formula is C13H17N3O3S. The lowest BCUT2D eigenvalue weighted by Gasteiger charge is -2.32. The fourth-order valence-electron chi connectivity index (χ4n) is 1.90. The van der Waals surface area contributed by atoms with Crippen LogP contribution in [0.15, 0.2) is 23.4 Å². The molecular weight excluding hydrogens is 278 g/mol. The number of hydrogen-bond donors (Lipinski definition) is 1. The van der Waals surface area contributed by atoms with Crippen molar-refractivity contribution in [3.8, 4) is 0 Å². The summed E-state index contributed by atoms with van der Waals surface area (Å²) in [6.07, 6.45) is 1.45. The summed E-state index contributed by atoms with van der Waals surface area (Å²) in [6.45, 7) is 3.28. The van der Waals surface area contributed by atoms with Crippen LogP contribution in [0.3, 0.4) is 0 Å². The molecule has 0 unspecified atom stereocenters. The number of thioether (sulfide) groups is 1. The summed E-state index contributed by atoms with van der Waals surface area (Å²) in [5, 5.41) is 9.46. The van der Waals surface area contributed by atoms with Gasteiger partial charge in [-0.25, -0.2) is 9.78 Å². The van der Waals surface area contributed by atoms with Gasteiger partial charge in [0.1, 0.15) is 0 Å². The van der Waals surface area contributed by atoms with Gasteiger partial charge >= 0.3 is 5.97 Å². The monoisotopic (exact) mass is 295 g/mol. The predicted octanol–water partition coefficient (Wildman–Crippen LogP) is 0.646. The Bertz CT molecular complexity index is 501. The molecule has 1 N–H and O–H groups in total. The zero-order valence-corrected chi connectivity index (χ0v) is 12.1. The van der Waals surface area contributed by atoms with E-state index in [1.807, 2.05) is 11.9 Å². The number of carboxylic acids is 1. The summed E-state index contributed by atoms with van der Waals surface area (Å²) in [5.74, 6) is -0.620. The van der Waals surface area contributed by atoms with Gasteiger partial charge in [0.15, 0.2) is 0 Å². The van der Waals surface area contributed by atoms with Crippen LogP contribution in [-0.4, -0.2) is 70.7 Å². The molecule has 0 radical (unpaired) electrons. The SMILES string of the molecule is CN1CCN(C(=O)CSc2cc(C(=O)O)ccn2)CC1. The maximum Gasteiger partial charge on any atom is 0.335 e. The molecule has 0 atom stereocenters. The smallest absolute Gasteiger partial charge is 0.335 e. The van der Waals surface area contributed by atoms with Crippen molar-refractivity contribution in [2.45, 2.75) is 5.03 Å². The first-order valence-electron chi connectivity index (χ1n) is 6.35. The highest BCUT2D eigenvalue weighted by Gasteiger charge is 2.19. The van der Waals surface area contributed by atoms with Crippen molar-refractivity contribution < 1.29 is 14.7 Å². The zero-order valence-electron chi connectivity index (χ0n) is 11.3. The second kappa shape index (κ2) is 6.71. The molecule has 7 heteroatoms. The summed E-state index contributed by atoms with van der Waals surface area (Å²) < 4.78 is 0. The Balaban J connectivity index is 1.87. The lowest BCUT2D eigenvalue weighted by atomic mass is 10.3. The van der Waals surface area contributed by atoms with Gasteiger partial charge in [0, 0.05) is 32.4 Å². The van der Waals surface area contributed by atoms with Crippen LogP contribution in [0.2, 0.25) is 0 Å². The van der Waals surface area contributed by atoms with Gasteiger partial charge in [-0.15, -0.1) is 0 Å². The maximum absolute atomic E-state index is 12.0. The lowest BCUT2D eigenvalue weighted by Crippen LogP contribution is -2.47. The minimum Gasteiger partial charge on any atom is -0.478 e. The van der Waals surface area contributed by atoms with Gasteiger partial charge in [-0.05, 0) is 19.2 Å². The van der Waals surface area contributed by atoms with Crippen molar-refractivity contribution in [1.82, 2.24) is 14.8 Å². The normalized spacial score (nSPS) is 16.1. The van der Waals surface area contributed by atoms with Gasteiger partial charge in [0.25, 0.3) is 0 Å². The summed E-state index contributed by atoms with van der Waals surface area (Å²) in [7, 11) is 2.04. The predicted molar refractivity (Wildman–Crippen MR) is 76.0 cm³/mol. The lowest BCUT2D eigenvalue weighted by molar-refractivity contribution is -0.129. The molecule has 2 heterocycles. The fourth-order valence-corrected chi connectivity index (χ4v) is 2.70. The second-order valence-corrected chi connectivity index (χ2v) is 5.66. The minimum absolute atomic E-state index is 0.0747. The molecule has 1 aromatic rings. The topological polar surface area (TPSA) is 73.7 Å². The fraction of sp³-hybridized carbons (Fsp3) is 0.462. The molecule has 1 aromatic heterocycles. The summed E-state index contributed by atoms with van der Waals surface area (Å²) >= 11 is 1.28. The van der Waals surface area contributed by atoms with Crippen LogP contribution in [0, 0.1) is 0 Å². The van der Waals surface area contributed by atoms with Gasteiger partial charge in [-0.2, -0.15) is 0 Å². The largest absolute Gasteiger partial charge is 0.478 e. The number of piperazine rings is 1. The third kappa shape index (κ3) is 3.94. The van der Waals surface area contributed by atoms with Gasteiger partial charge in [0.05, 0.1) is 16.3 Å². The summed E-state index contributed by atoms with van der Waals surface area (Å²) in [6, 6.07) is 2.93. The van der Waals surface area contributed by atoms with E-state index >= 15 is 0 Å². The van der Waals surface area contributed by atoms with E-state index in [4.69, 9.17) is 5.11 Å². The molecule has 108 valence electrons. The van der Waals surface area contributed by atoms with Crippen molar-refractivity contribution in [2.75, 3.05) is 39.0 Å². The van der Waals surface area contributed by atoms with Crippen molar-refractivity contribution in [3.05, 3.63) is 23.9 Å². The number of likely N-dealkylation sites (N-methyl/N-ethyl adjacent to an activating group) is 1. The Kier molecular flexibility index (Phi) is 4.97. The first-order valence-corrected chi connectivity index (χ1v) is 7.33. The van der Waals surface area contributed by atoms with E-state index in [0.29, 0.717) is 10.8 Å². The Morgan fingerprint density at radius 1 is 1.35 bits per heavy atom. The minimum atomic E-state index is -0.986. The van der Waals surface area contributed by atoms with E-state index in [0.717, 1.165) is 26.2 Å². The summed E-state index contributed by atoms with van der Waals surface area (Å²) in [4.78, 5) is 31.0. The third-order valence-corrected chi connectivity index (χ3v) is 4.09. The van der Waals surface area contributed by atoms with Crippen molar-refractivity contribution >= 4 is 23.6 Å². The molecule has 1 amide bonds. The average molecular weight is 295 g/mol. The molecule has 20 heavy (non-hydrogen) atoms. The third-order valence-electron chi connectivity index (χ3n) is 3.18. The molecule has 2 rings (SSSR count). The Morgan fingerprint density at radius 3 is 2.70 bits per heavy atom. The quantitative estimate of drug-likeness (QED) is 0.822. The van der Waals surface area contributed by atoms with E-state index in [1.165, 1.54) is 30.1 Å². The molecule has 1 aliphatic heterocycles. The molecule has 0 aromatic carbocycles. The van der Waals surface area contributed by atoms with Gasteiger partial charge < -0.3 is 14.9 Å². The average Bonchev–Trinajstić information content (AvgIpc) is 2.46. The van der Waals surface area contributed by atoms with E-state index in [1.54, 1.807) is 0 Å².